The number of nitrogens with two attached hydrogens (primary N) is 1. The molecule has 0 aromatic carbocycles. The minimum atomic E-state index is -0.164. The molecule has 0 atom stereocenters. The van der Waals surface area contributed by atoms with E-state index in [1.54, 1.807) is 11.8 Å². The van der Waals surface area contributed by atoms with Crippen LogP contribution in [0.5, 0.6) is 0 Å². The first-order valence-corrected chi connectivity index (χ1v) is 5.65. The van der Waals surface area contributed by atoms with Crippen LogP contribution < -0.4 is 16.6 Å². The Bertz CT molecular complexity index is 422. The first kappa shape index (κ1) is 16.4. The predicted octanol–water partition coefficient (Wildman–Crippen LogP) is -0.658. The molecule has 0 spiro atoms. The zero-order chi connectivity index (χ0) is 14.1. The van der Waals surface area contributed by atoms with Crippen molar-refractivity contribution in [2.75, 3.05) is 20.8 Å². The van der Waals surface area contributed by atoms with E-state index >= 15 is 0 Å². The van der Waals surface area contributed by atoms with Crippen LogP contribution in [0.4, 0.5) is 0 Å². The fraction of sp³-hybridized carbons (Fsp3) is 0.636. The Morgan fingerprint density at radius 1 is 1.50 bits per heavy atom. The molecule has 0 saturated heterocycles. The van der Waals surface area contributed by atoms with Gasteiger partial charge in [-0.3, -0.25) is 19.4 Å². The van der Waals surface area contributed by atoms with Crippen molar-refractivity contribution in [3.63, 3.8) is 0 Å². The van der Waals surface area contributed by atoms with Crippen molar-refractivity contribution in [1.29, 1.82) is 0 Å². The smallest absolute Gasteiger partial charge is 0.269 e. The number of hydrogen-bond donors (Lipinski definition) is 3. The molecule has 0 aliphatic heterocycles. The number of carbonyl (C=O) groups is 1. The molecule has 0 aliphatic rings. The standard InChI is InChI=1S/C10H17N3O3.CH5N/c1-7-9(6-11-8(2)14)10(15)12-13(7)4-5-16-3;1-2/h4-6H2,1-3H3,(H,11,14)(H,12,15);2H2,1H3. The quantitative estimate of drug-likeness (QED) is 0.652. The number of ether oxygens (including phenoxy) is 1. The molecule has 0 unspecified atom stereocenters. The minimum absolute atomic E-state index is 0.150. The summed E-state index contributed by atoms with van der Waals surface area (Å²) in [5, 5.41) is 5.31. The van der Waals surface area contributed by atoms with Crippen LogP contribution in [0.1, 0.15) is 18.2 Å². The number of nitrogens with one attached hydrogen (secondary N) is 2. The Hall–Kier alpha value is -1.60. The molecule has 7 nitrogen and oxygen atoms in total. The summed E-state index contributed by atoms with van der Waals surface area (Å²) >= 11 is 0. The second-order valence-electron chi connectivity index (χ2n) is 3.56. The predicted molar refractivity (Wildman–Crippen MR) is 69.3 cm³/mol. The summed E-state index contributed by atoms with van der Waals surface area (Å²) in [4.78, 5) is 22.3. The SMILES string of the molecule is CN.COCCn1[nH]c(=O)c(CNC(C)=O)c1C. The van der Waals surface area contributed by atoms with Gasteiger partial charge < -0.3 is 15.8 Å². The van der Waals surface area contributed by atoms with Crippen molar-refractivity contribution < 1.29 is 9.53 Å². The van der Waals surface area contributed by atoms with Gasteiger partial charge in [-0.1, -0.05) is 0 Å². The highest BCUT2D eigenvalue weighted by Crippen LogP contribution is 2.01. The molecule has 4 N–H and O–H groups in total. The third-order valence-electron chi connectivity index (χ3n) is 2.39. The van der Waals surface area contributed by atoms with Crippen LogP contribution in [0.3, 0.4) is 0 Å². The van der Waals surface area contributed by atoms with Crippen molar-refractivity contribution in [3.05, 3.63) is 21.6 Å². The van der Waals surface area contributed by atoms with E-state index in [0.717, 1.165) is 5.69 Å². The maximum Gasteiger partial charge on any atom is 0.269 e. The Labute approximate surface area is 106 Å². The largest absolute Gasteiger partial charge is 0.383 e. The summed E-state index contributed by atoms with van der Waals surface area (Å²) in [6, 6.07) is 0. The van der Waals surface area contributed by atoms with Crippen molar-refractivity contribution in [3.8, 4) is 0 Å². The summed E-state index contributed by atoms with van der Waals surface area (Å²) in [7, 11) is 3.11. The molecule has 18 heavy (non-hydrogen) atoms. The van der Waals surface area contributed by atoms with Gasteiger partial charge in [0, 0.05) is 19.7 Å². The average Bonchev–Trinajstić information content (AvgIpc) is 2.62. The lowest BCUT2D eigenvalue weighted by Gasteiger charge is -2.05. The van der Waals surface area contributed by atoms with E-state index in [1.807, 2.05) is 6.92 Å². The number of carbonyl (C=O) groups excluding carboxylic acids is 1. The van der Waals surface area contributed by atoms with Crippen LogP contribution in [-0.4, -0.2) is 36.5 Å². The number of rotatable bonds is 5. The lowest BCUT2D eigenvalue weighted by Crippen LogP contribution is -2.22. The number of aromatic nitrogens is 2. The minimum Gasteiger partial charge on any atom is -0.383 e. The zero-order valence-corrected chi connectivity index (χ0v) is 11.4. The molecule has 1 rings (SSSR count). The second kappa shape index (κ2) is 8.48. The first-order chi connectivity index (χ1) is 8.56. The van der Waals surface area contributed by atoms with Crippen molar-refractivity contribution in [1.82, 2.24) is 15.1 Å². The summed E-state index contributed by atoms with van der Waals surface area (Å²) in [6.45, 7) is 4.65. The highest BCUT2D eigenvalue weighted by atomic mass is 16.5. The molecule has 0 aliphatic carbocycles. The average molecular weight is 258 g/mol. The van der Waals surface area contributed by atoms with E-state index in [-0.39, 0.29) is 18.0 Å². The number of H-pyrrole nitrogens is 1. The fourth-order valence-electron chi connectivity index (χ4n) is 1.43. The number of methoxy groups -OCH3 is 1. The third-order valence-corrected chi connectivity index (χ3v) is 2.39. The second-order valence-corrected chi connectivity index (χ2v) is 3.56. The first-order valence-electron chi connectivity index (χ1n) is 5.65. The molecule has 0 bridgehead atoms. The number of nitrogens with zero attached hydrogens (tertiary/aromatic N) is 1. The van der Waals surface area contributed by atoms with Gasteiger partial charge in [0.2, 0.25) is 5.91 Å². The van der Waals surface area contributed by atoms with Gasteiger partial charge in [0.1, 0.15) is 0 Å². The molecule has 1 amide bonds. The Kier molecular flexibility index (Phi) is 7.73. The molecule has 0 fully saturated rings. The van der Waals surface area contributed by atoms with Gasteiger partial charge >= 0.3 is 0 Å². The lowest BCUT2D eigenvalue weighted by atomic mass is 10.2. The fourth-order valence-corrected chi connectivity index (χ4v) is 1.43. The molecular weight excluding hydrogens is 236 g/mol. The van der Waals surface area contributed by atoms with E-state index in [9.17, 15) is 9.59 Å². The molecule has 1 aromatic rings. The Balaban J connectivity index is 0.00000137. The molecular formula is C11H22N4O3. The summed E-state index contributed by atoms with van der Waals surface area (Å²) in [5.41, 5.74) is 5.75. The topological polar surface area (TPSA) is 102 Å². The van der Waals surface area contributed by atoms with Gasteiger partial charge in [0.05, 0.1) is 25.3 Å². The molecule has 1 aromatic heterocycles. The van der Waals surface area contributed by atoms with Crippen LogP contribution in [0.15, 0.2) is 4.79 Å². The van der Waals surface area contributed by atoms with Gasteiger partial charge in [0.15, 0.2) is 0 Å². The highest BCUT2D eigenvalue weighted by molar-refractivity contribution is 5.72. The number of hydrogen-bond acceptors (Lipinski definition) is 4. The maximum atomic E-state index is 11.6. The normalized spacial score (nSPS) is 9.61. The van der Waals surface area contributed by atoms with Crippen LogP contribution in [0.25, 0.3) is 0 Å². The summed E-state index contributed by atoms with van der Waals surface area (Å²) in [5.74, 6) is -0.150. The maximum absolute atomic E-state index is 11.6. The highest BCUT2D eigenvalue weighted by Gasteiger charge is 2.10. The van der Waals surface area contributed by atoms with E-state index in [0.29, 0.717) is 18.7 Å². The van der Waals surface area contributed by atoms with Crippen LogP contribution in [-0.2, 0) is 22.6 Å². The Morgan fingerprint density at radius 2 is 2.11 bits per heavy atom. The van der Waals surface area contributed by atoms with Crippen LogP contribution in [0.2, 0.25) is 0 Å². The van der Waals surface area contributed by atoms with Crippen LogP contribution >= 0.6 is 0 Å². The zero-order valence-electron chi connectivity index (χ0n) is 11.4. The Morgan fingerprint density at radius 3 is 2.61 bits per heavy atom. The molecule has 104 valence electrons. The third kappa shape index (κ3) is 4.72. The molecule has 0 radical (unpaired) electrons. The molecule has 0 saturated carbocycles. The molecule has 1 heterocycles. The van der Waals surface area contributed by atoms with Crippen molar-refractivity contribution >= 4 is 5.91 Å². The van der Waals surface area contributed by atoms with E-state index in [1.165, 1.54) is 14.0 Å². The van der Waals surface area contributed by atoms with Crippen LogP contribution in [0, 0.1) is 6.92 Å². The summed E-state index contributed by atoms with van der Waals surface area (Å²) in [6.07, 6.45) is 0. The number of amides is 1. The molecule has 7 heteroatoms. The van der Waals surface area contributed by atoms with Crippen molar-refractivity contribution in [2.45, 2.75) is 26.9 Å². The van der Waals surface area contributed by atoms with Crippen molar-refractivity contribution in [2.24, 2.45) is 5.73 Å². The van der Waals surface area contributed by atoms with E-state index in [2.05, 4.69) is 16.1 Å². The van der Waals surface area contributed by atoms with Gasteiger partial charge in [-0.15, -0.1) is 0 Å². The van der Waals surface area contributed by atoms with E-state index in [4.69, 9.17) is 4.74 Å². The number of aromatic amines is 1. The lowest BCUT2D eigenvalue weighted by molar-refractivity contribution is -0.119. The van der Waals surface area contributed by atoms with Gasteiger partial charge in [0.25, 0.3) is 5.56 Å². The van der Waals surface area contributed by atoms with E-state index < -0.39 is 0 Å². The van der Waals surface area contributed by atoms with Gasteiger partial charge in [-0.05, 0) is 14.0 Å². The summed E-state index contributed by atoms with van der Waals surface area (Å²) < 4.78 is 6.66. The van der Waals surface area contributed by atoms with Gasteiger partial charge in [-0.2, -0.15) is 0 Å². The van der Waals surface area contributed by atoms with Gasteiger partial charge in [-0.25, -0.2) is 0 Å². The monoisotopic (exact) mass is 258 g/mol.